The minimum Gasteiger partial charge on any atom is -0.444 e. The quantitative estimate of drug-likeness (QED) is 0.118. The number of carbonyl (C=O) groups is 2. The van der Waals surface area contributed by atoms with Crippen molar-refractivity contribution in [1.29, 1.82) is 0 Å². The Morgan fingerprint density at radius 2 is 1.04 bits per heavy atom. The van der Waals surface area contributed by atoms with Gasteiger partial charge in [0.05, 0.1) is 6.04 Å². The highest BCUT2D eigenvalue weighted by Gasteiger charge is 2.52. The van der Waals surface area contributed by atoms with Gasteiger partial charge in [-0.3, -0.25) is 14.4 Å². The SMILES string of the molecule is COP(=O)(OC)C(C(NC(c1ccccc1)P(=O)(O)O)c1ccccc1)N(C(=O)OCc1ccccc1)C(=O)OCc1ccccc1. The Hall–Kier alpha value is -4.12. The zero-order valence-electron chi connectivity index (χ0n) is 25.7. The fourth-order valence-electron chi connectivity index (χ4n) is 4.84. The zero-order valence-corrected chi connectivity index (χ0v) is 27.5. The van der Waals surface area contributed by atoms with Gasteiger partial charge in [0.15, 0.2) is 5.78 Å². The van der Waals surface area contributed by atoms with E-state index in [1.165, 1.54) is 12.1 Å². The molecule has 0 spiro atoms. The Morgan fingerprint density at radius 3 is 1.43 bits per heavy atom. The minimum atomic E-state index is -5.00. The second-order valence-corrected chi connectivity index (χ2v) is 14.3. The molecule has 3 unspecified atom stereocenters. The van der Waals surface area contributed by atoms with Crippen LogP contribution in [0.15, 0.2) is 121 Å². The number of ether oxygens (including phenoxy) is 2. The van der Waals surface area contributed by atoms with Crippen molar-refractivity contribution in [1.82, 2.24) is 10.2 Å². The molecule has 0 aliphatic carbocycles. The Balaban J connectivity index is 1.87. The van der Waals surface area contributed by atoms with Gasteiger partial charge in [0.1, 0.15) is 19.0 Å². The lowest BCUT2D eigenvalue weighted by Crippen LogP contribution is -2.51. The van der Waals surface area contributed by atoms with Gasteiger partial charge in [0.25, 0.3) is 0 Å². The molecule has 4 aromatic rings. The third-order valence-electron chi connectivity index (χ3n) is 7.15. The van der Waals surface area contributed by atoms with E-state index in [-0.39, 0.29) is 24.3 Å². The van der Waals surface area contributed by atoms with Crippen LogP contribution in [0, 0.1) is 0 Å². The van der Waals surface area contributed by atoms with Gasteiger partial charge in [-0.1, -0.05) is 121 Å². The summed E-state index contributed by atoms with van der Waals surface area (Å²) in [5.74, 6) is -3.58. The van der Waals surface area contributed by atoms with Gasteiger partial charge in [-0.2, -0.15) is 4.90 Å². The summed E-state index contributed by atoms with van der Waals surface area (Å²) in [4.78, 5) is 49.5. The van der Waals surface area contributed by atoms with E-state index in [0.717, 1.165) is 14.2 Å². The van der Waals surface area contributed by atoms with Crippen molar-refractivity contribution in [2.24, 2.45) is 0 Å². The number of amides is 2. The van der Waals surface area contributed by atoms with E-state index in [4.69, 9.17) is 18.5 Å². The minimum absolute atomic E-state index is 0.190. The van der Waals surface area contributed by atoms with Crippen LogP contribution in [0.3, 0.4) is 0 Å². The van der Waals surface area contributed by atoms with E-state index in [2.05, 4.69) is 5.32 Å². The summed E-state index contributed by atoms with van der Waals surface area (Å²) in [5, 5.41) is 2.89. The maximum absolute atomic E-state index is 14.5. The Kier molecular flexibility index (Phi) is 12.6. The van der Waals surface area contributed by atoms with Crippen molar-refractivity contribution >= 4 is 27.4 Å². The number of rotatable bonds is 14. The predicted octanol–water partition coefficient (Wildman–Crippen LogP) is 6.98. The molecule has 0 aromatic heterocycles. The summed E-state index contributed by atoms with van der Waals surface area (Å²) >= 11 is 0. The Labute approximate surface area is 272 Å². The predicted molar refractivity (Wildman–Crippen MR) is 174 cm³/mol. The molecule has 248 valence electrons. The molecule has 0 heterocycles. The average Bonchev–Trinajstić information content (AvgIpc) is 3.10. The van der Waals surface area contributed by atoms with Crippen molar-refractivity contribution in [3.05, 3.63) is 144 Å². The van der Waals surface area contributed by atoms with Crippen LogP contribution < -0.4 is 5.32 Å². The third-order valence-corrected chi connectivity index (χ3v) is 10.5. The van der Waals surface area contributed by atoms with Crippen LogP contribution in [-0.2, 0) is 40.9 Å². The second kappa shape index (κ2) is 16.6. The van der Waals surface area contributed by atoms with E-state index in [0.29, 0.717) is 16.0 Å². The highest BCUT2D eigenvalue weighted by atomic mass is 31.2. The number of nitrogens with zero attached hydrogens (tertiary/aromatic N) is 1. The van der Waals surface area contributed by atoms with E-state index < -0.39 is 45.0 Å². The lowest BCUT2D eigenvalue weighted by atomic mass is 10.1. The van der Waals surface area contributed by atoms with E-state index in [1.807, 2.05) is 0 Å². The molecule has 3 atom stereocenters. The van der Waals surface area contributed by atoms with Crippen molar-refractivity contribution in [3.63, 3.8) is 0 Å². The fourth-order valence-corrected chi connectivity index (χ4v) is 7.43. The number of benzene rings is 4. The van der Waals surface area contributed by atoms with Crippen LogP contribution in [0.2, 0.25) is 0 Å². The number of nitrogens with one attached hydrogen (secondary N) is 1. The number of hydrogen-bond donors (Lipinski definition) is 3. The molecule has 47 heavy (non-hydrogen) atoms. The van der Waals surface area contributed by atoms with Crippen molar-refractivity contribution < 1.29 is 47.0 Å². The zero-order chi connectivity index (χ0) is 33.9. The second-order valence-electron chi connectivity index (χ2n) is 10.2. The van der Waals surface area contributed by atoms with E-state index >= 15 is 0 Å². The van der Waals surface area contributed by atoms with Gasteiger partial charge in [0, 0.05) is 14.2 Å². The molecule has 2 amide bonds. The third kappa shape index (κ3) is 9.47. The van der Waals surface area contributed by atoms with Crippen LogP contribution in [0.5, 0.6) is 0 Å². The monoisotopic (exact) mass is 682 g/mol. The molecular weight excluding hydrogens is 646 g/mol. The fraction of sp³-hybridized carbons (Fsp3) is 0.212. The molecule has 0 aliphatic rings. The maximum atomic E-state index is 14.5. The molecular formula is C33H36N2O10P2. The highest BCUT2D eigenvalue weighted by Crippen LogP contribution is 2.59. The molecule has 4 aromatic carbocycles. The summed E-state index contributed by atoms with van der Waals surface area (Å²) in [6, 6.07) is 31.8. The average molecular weight is 683 g/mol. The van der Waals surface area contributed by atoms with Crippen LogP contribution in [0.25, 0.3) is 0 Å². The van der Waals surface area contributed by atoms with Gasteiger partial charge >= 0.3 is 27.4 Å². The largest absolute Gasteiger partial charge is 0.444 e. The summed E-state index contributed by atoms with van der Waals surface area (Å²) in [6.45, 7) is -0.532. The molecule has 0 fully saturated rings. The van der Waals surface area contributed by atoms with Crippen molar-refractivity contribution in [2.75, 3.05) is 14.2 Å². The molecule has 14 heteroatoms. The van der Waals surface area contributed by atoms with Crippen molar-refractivity contribution in [3.8, 4) is 0 Å². The summed E-state index contributed by atoms with van der Waals surface area (Å²) < 4.78 is 49.3. The molecule has 12 nitrogen and oxygen atoms in total. The molecule has 3 N–H and O–H groups in total. The van der Waals surface area contributed by atoms with Gasteiger partial charge in [-0.05, 0) is 22.3 Å². The summed E-state index contributed by atoms with van der Waals surface area (Å²) in [5.41, 5.74) is 1.67. The lowest BCUT2D eigenvalue weighted by Gasteiger charge is -2.39. The first-order valence-corrected chi connectivity index (χ1v) is 17.7. The normalized spacial score (nSPS) is 13.6. The first kappa shape index (κ1) is 35.7. The smallest absolute Gasteiger partial charge is 0.420 e. The standard InChI is InChI=1S/C33H36N2O10P2/c1-42-47(41,43-2)31(29(27-19-11-5-12-20-27)34-30(46(38,39)40)28-21-13-6-14-22-28)35(32(36)44-23-25-15-7-3-8-16-25)33(37)45-24-26-17-9-4-10-18-26/h3-22,29-31,34H,23-24H2,1-2H3,(H2,38,39,40). The van der Waals surface area contributed by atoms with Crippen LogP contribution >= 0.6 is 15.2 Å². The first-order valence-electron chi connectivity index (χ1n) is 14.4. The van der Waals surface area contributed by atoms with Crippen LogP contribution in [0.1, 0.15) is 34.1 Å². The summed E-state index contributed by atoms with van der Waals surface area (Å²) in [7, 11) is -7.42. The molecule has 0 bridgehead atoms. The van der Waals surface area contributed by atoms with Crippen LogP contribution in [0.4, 0.5) is 9.59 Å². The maximum Gasteiger partial charge on any atom is 0.420 e. The molecule has 0 aliphatic heterocycles. The topological polar surface area (TPSA) is 161 Å². The van der Waals surface area contributed by atoms with Gasteiger partial charge < -0.3 is 28.3 Å². The lowest BCUT2D eigenvalue weighted by molar-refractivity contribution is 0.0551. The molecule has 0 saturated carbocycles. The van der Waals surface area contributed by atoms with Gasteiger partial charge in [-0.25, -0.2) is 9.59 Å². The van der Waals surface area contributed by atoms with Gasteiger partial charge in [-0.15, -0.1) is 0 Å². The van der Waals surface area contributed by atoms with Crippen molar-refractivity contribution in [2.45, 2.75) is 30.8 Å². The van der Waals surface area contributed by atoms with Crippen LogP contribution in [-0.4, -0.2) is 46.9 Å². The van der Waals surface area contributed by atoms with Gasteiger partial charge in [0.2, 0.25) is 0 Å². The molecule has 4 rings (SSSR count). The number of hydrogen-bond acceptors (Lipinski definition) is 9. The van der Waals surface area contributed by atoms with E-state index in [1.54, 1.807) is 109 Å². The Bertz CT molecular complexity index is 1610. The summed E-state index contributed by atoms with van der Waals surface area (Å²) in [6.07, 6.45) is -2.53. The first-order chi connectivity index (χ1) is 22.6. The number of carbonyl (C=O) groups excluding carboxylic acids is 2. The molecule has 0 radical (unpaired) electrons. The Morgan fingerprint density at radius 1 is 0.660 bits per heavy atom. The highest BCUT2D eigenvalue weighted by molar-refractivity contribution is 7.54. The van der Waals surface area contributed by atoms with E-state index in [9.17, 15) is 28.5 Å². The number of imide groups is 1. The molecule has 0 saturated heterocycles.